The Labute approximate surface area is 171 Å². The molecule has 1 N–H and O–H groups in total. The molecule has 0 unspecified atom stereocenters. The van der Waals surface area contributed by atoms with Gasteiger partial charge >= 0.3 is 0 Å². The molecule has 2 heterocycles. The van der Waals surface area contributed by atoms with Gasteiger partial charge in [0.2, 0.25) is 0 Å². The molecule has 7 heteroatoms. The zero-order chi connectivity index (χ0) is 18.3. The predicted molar refractivity (Wildman–Crippen MR) is 115 cm³/mol. The predicted octanol–water partition coefficient (Wildman–Crippen LogP) is 7.00. The minimum Gasteiger partial charge on any atom is -0.297 e. The first-order valence-electron chi connectivity index (χ1n) is 7.74. The van der Waals surface area contributed by atoms with Crippen molar-refractivity contribution < 1.29 is 4.79 Å². The van der Waals surface area contributed by atoms with Crippen molar-refractivity contribution in [3.63, 3.8) is 0 Å². The molecule has 26 heavy (non-hydrogen) atoms. The fourth-order valence-electron chi connectivity index (χ4n) is 2.64. The molecule has 0 atom stereocenters. The molecule has 4 rings (SSSR count). The number of aromatic nitrogens is 1. The molecule has 130 valence electrons. The van der Waals surface area contributed by atoms with Crippen LogP contribution in [-0.2, 0) is 0 Å². The highest BCUT2D eigenvalue weighted by Gasteiger charge is 2.19. The topological polar surface area (TPSA) is 42.0 Å². The van der Waals surface area contributed by atoms with Crippen molar-refractivity contribution >= 4 is 71.3 Å². The summed E-state index contributed by atoms with van der Waals surface area (Å²) in [5.74, 6) is -0.229. The van der Waals surface area contributed by atoms with Crippen LogP contribution in [0.1, 0.15) is 14.5 Å². The summed E-state index contributed by atoms with van der Waals surface area (Å²) in [4.78, 5) is 18.8. The number of carbonyl (C=O) groups is 1. The van der Waals surface area contributed by atoms with E-state index in [9.17, 15) is 4.79 Å². The molecule has 0 bridgehead atoms. The number of carbonyl (C=O) groups excluding carboxylic acids is 1. The second-order valence-electron chi connectivity index (χ2n) is 5.63. The summed E-state index contributed by atoms with van der Waals surface area (Å²) in [6, 6.07) is 15.7. The summed E-state index contributed by atoms with van der Waals surface area (Å²) >= 11 is 12.7. The Morgan fingerprint density at radius 2 is 1.85 bits per heavy atom. The van der Waals surface area contributed by atoms with Crippen LogP contribution >= 0.6 is 50.2 Å². The van der Waals surface area contributed by atoms with E-state index in [2.05, 4.69) is 26.2 Å². The van der Waals surface area contributed by atoms with E-state index in [1.807, 2.05) is 55.5 Å². The lowest BCUT2D eigenvalue weighted by Gasteiger charge is -2.00. The van der Waals surface area contributed by atoms with Gasteiger partial charge < -0.3 is 0 Å². The van der Waals surface area contributed by atoms with Crippen molar-refractivity contribution in [3.8, 4) is 11.3 Å². The average molecular weight is 464 g/mol. The SMILES string of the molecule is Cc1sc(NC(=O)c2sc3ccccc3c2Cl)nc1-c1ccc(Br)cc1. The van der Waals surface area contributed by atoms with E-state index in [0.717, 1.165) is 30.7 Å². The Morgan fingerprint density at radius 1 is 1.12 bits per heavy atom. The van der Waals surface area contributed by atoms with Gasteiger partial charge in [0.05, 0.1) is 10.7 Å². The number of amides is 1. The fourth-order valence-corrected chi connectivity index (χ4v) is 5.15. The number of thiazole rings is 1. The van der Waals surface area contributed by atoms with Gasteiger partial charge in [-0.15, -0.1) is 22.7 Å². The third-order valence-corrected chi connectivity index (χ3v) is 6.96. The number of anilines is 1. The van der Waals surface area contributed by atoms with Gasteiger partial charge in [0, 0.05) is 25.0 Å². The van der Waals surface area contributed by atoms with Gasteiger partial charge in [0.1, 0.15) is 4.88 Å². The first-order valence-corrected chi connectivity index (χ1v) is 10.5. The van der Waals surface area contributed by atoms with Crippen molar-refractivity contribution in [1.82, 2.24) is 4.98 Å². The third kappa shape index (κ3) is 3.30. The molecule has 0 saturated heterocycles. The molecule has 0 aliphatic rings. The number of hydrogen-bond acceptors (Lipinski definition) is 4. The number of benzene rings is 2. The first kappa shape index (κ1) is 17.7. The molecule has 1 amide bonds. The summed E-state index contributed by atoms with van der Waals surface area (Å²) in [6.07, 6.45) is 0. The van der Waals surface area contributed by atoms with Gasteiger partial charge in [-0.05, 0) is 25.1 Å². The molecule has 0 aliphatic heterocycles. The number of fused-ring (bicyclic) bond motifs is 1. The number of nitrogens with one attached hydrogen (secondary N) is 1. The Hall–Kier alpha value is -1.73. The van der Waals surface area contributed by atoms with E-state index in [-0.39, 0.29) is 5.91 Å². The van der Waals surface area contributed by atoms with Crippen LogP contribution in [-0.4, -0.2) is 10.9 Å². The highest BCUT2D eigenvalue weighted by molar-refractivity contribution is 9.10. The Morgan fingerprint density at radius 3 is 2.58 bits per heavy atom. The monoisotopic (exact) mass is 462 g/mol. The van der Waals surface area contributed by atoms with E-state index in [0.29, 0.717) is 15.0 Å². The van der Waals surface area contributed by atoms with Crippen molar-refractivity contribution in [2.45, 2.75) is 6.92 Å². The second kappa shape index (κ2) is 7.12. The smallest absolute Gasteiger partial charge is 0.269 e. The van der Waals surface area contributed by atoms with Gasteiger partial charge in [-0.1, -0.05) is 57.9 Å². The standard InChI is InChI=1S/C19H12BrClN2OS2/c1-10-16(11-6-8-12(20)9-7-11)22-19(25-10)23-18(24)17-15(21)13-4-2-3-5-14(13)26-17/h2-9H,1H3,(H,22,23,24). The Bertz CT molecular complexity index is 1120. The molecule has 4 aromatic rings. The minimum absolute atomic E-state index is 0.229. The molecule has 2 aromatic carbocycles. The van der Waals surface area contributed by atoms with Crippen molar-refractivity contribution in [2.75, 3.05) is 5.32 Å². The van der Waals surface area contributed by atoms with Gasteiger partial charge in [-0.2, -0.15) is 0 Å². The Balaban J connectivity index is 1.63. The van der Waals surface area contributed by atoms with Crippen LogP contribution in [0, 0.1) is 6.92 Å². The van der Waals surface area contributed by atoms with Crippen LogP contribution in [0.3, 0.4) is 0 Å². The third-order valence-electron chi connectivity index (χ3n) is 3.88. The molecule has 2 aromatic heterocycles. The van der Waals surface area contributed by atoms with E-state index in [4.69, 9.17) is 11.6 Å². The first-order chi connectivity index (χ1) is 12.5. The zero-order valence-electron chi connectivity index (χ0n) is 13.5. The summed E-state index contributed by atoms with van der Waals surface area (Å²) in [6.45, 7) is 2.00. The van der Waals surface area contributed by atoms with Crippen molar-refractivity contribution in [1.29, 1.82) is 0 Å². The maximum absolute atomic E-state index is 12.7. The summed E-state index contributed by atoms with van der Waals surface area (Å²) in [7, 11) is 0. The van der Waals surface area contributed by atoms with Crippen molar-refractivity contribution in [2.24, 2.45) is 0 Å². The summed E-state index contributed by atoms with van der Waals surface area (Å²) in [5, 5.41) is 4.84. The number of aryl methyl sites for hydroxylation is 1. The van der Waals surface area contributed by atoms with Gasteiger partial charge in [-0.25, -0.2) is 4.98 Å². The molecule has 0 saturated carbocycles. The van der Waals surface area contributed by atoms with E-state index >= 15 is 0 Å². The van der Waals surface area contributed by atoms with Gasteiger partial charge in [0.25, 0.3) is 5.91 Å². The van der Waals surface area contributed by atoms with Crippen LogP contribution < -0.4 is 5.32 Å². The van der Waals surface area contributed by atoms with Gasteiger partial charge in [-0.3, -0.25) is 10.1 Å². The lowest BCUT2D eigenvalue weighted by Crippen LogP contribution is -2.10. The number of thiophene rings is 1. The fraction of sp³-hybridized carbons (Fsp3) is 0.0526. The molecule has 0 aliphatic carbocycles. The largest absolute Gasteiger partial charge is 0.297 e. The summed E-state index contributed by atoms with van der Waals surface area (Å²) < 4.78 is 2.01. The quantitative estimate of drug-likeness (QED) is 0.355. The molecule has 0 spiro atoms. The van der Waals surface area contributed by atoms with E-state index in [1.54, 1.807) is 0 Å². The minimum atomic E-state index is -0.229. The van der Waals surface area contributed by atoms with E-state index < -0.39 is 0 Å². The normalized spacial score (nSPS) is 11.0. The lowest BCUT2D eigenvalue weighted by molar-refractivity contribution is 0.103. The van der Waals surface area contributed by atoms with Crippen LogP contribution in [0.25, 0.3) is 21.3 Å². The van der Waals surface area contributed by atoms with Crippen LogP contribution in [0.4, 0.5) is 5.13 Å². The van der Waals surface area contributed by atoms with E-state index in [1.165, 1.54) is 22.7 Å². The molecular weight excluding hydrogens is 452 g/mol. The van der Waals surface area contributed by atoms with Crippen molar-refractivity contribution in [3.05, 3.63) is 67.8 Å². The zero-order valence-corrected chi connectivity index (χ0v) is 17.5. The van der Waals surface area contributed by atoms with Crippen LogP contribution in [0.15, 0.2) is 53.0 Å². The molecule has 3 nitrogen and oxygen atoms in total. The maximum atomic E-state index is 12.7. The summed E-state index contributed by atoms with van der Waals surface area (Å²) in [5.41, 5.74) is 1.89. The number of rotatable bonds is 3. The maximum Gasteiger partial charge on any atom is 0.269 e. The number of hydrogen-bond donors (Lipinski definition) is 1. The van der Waals surface area contributed by atoms with Crippen LogP contribution in [0.2, 0.25) is 5.02 Å². The average Bonchev–Trinajstić information content (AvgIpc) is 3.16. The Kier molecular flexibility index (Phi) is 4.84. The molecule has 0 radical (unpaired) electrons. The van der Waals surface area contributed by atoms with Crippen LogP contribution in [0.5, 0.6) is 0 Å². The number of nitrogens with zero attached hydrogens (tertiary/aromatic N) is 1. The molecular formula is C19H12BrClN2OS2. The number of halogens is 2. The highest BCUT2D eigenvalue weighted by Crippen LogP contribution is 2.36. The van der Waals surface area contributed by atoms with Gasteiger partial charge in [0.15, 0.2) is 5.13 Å². The lowest BCUT2D eigenvalue weighted by atomic mass is 10.1. The highest BCUT2D eigenvalue weighted by atomic mass is 79.9. The second-order valence-corrected chi connectivity index (χ2v) is 9.18. The molecule has 0 fully saturated rings.